The number of rotatable bonds is 5. The van der Waals surface area contributed by atoms with E-state index in [1.54, 1.807) is 11.8 Å². The molecular weight excluding hydrogens is 314 g/mol. The van der Waals surface area contributed by atoms with E-state index in [9.17, 15) is 5.11 Å². The van der Waals surface area contributed by atoms with Crippen molar-refractivity contribution in [3.05, 3.63) is 11.7 Å². The zero-order valence-electron chi connectivity index (χ0n) is 14.0. The van der Waals surface area contributed by atoms with Crippen molar-refractivity contribution < 1.29 is 14.4 Å². The van der Waals surface area contributed by atoms with Crippen molar-refractivity contribution >= 4 is 11.8 Å². The van der Waals surface area contributed by atoms with Crippen LogP contribution in [0.3, 0.4) is 0 Å². The van der Waals surface area contributed by atoms with Gasteiger partial charge in [-0.05, 0) is 37.4 Å². The molecule has 3 heterocycles. The van der Waals surface area contributed by atoms with Crippen LogP contribution in [0.4, 0.5) is 0 Å². The summed E-state index contributed by atoms with van der Waals surface area (Å²) in [6.07, 6.45) is 4.79. The first-order chi connectivity index (χ1) is 11.1. The molecule has 1 N–H and O–H groups in total. The highest BCUT2D eigenvalue weighted by Gasteiger charge is 2.45. The molecule has 0 spiro atoms. The van der Waals surface area contributed by atoms with E-state index >= 15 is 0 Å². The van der Waals surface area contributed by atoms with Crippen molar-refractivity contribution in [2.24, 2.45) is 11.8 Å². The monoisotopic (exact) mass is 341 g/mol. The Morgan fingerprint density at radius 2 is 2.17 bits per heavy atom. The third-order valence-corrected chi connectivity index (χ3v) is 5.83. The van der Waals surface area contributed by atoms with Gasteiger partial charge in [-0.25, -0.2) is 0 Å². The van der Waals surface area contributed by atoms with Gasteiger partial charge in [-0.3, -0.25) is 4.90 Å². The van der Waals surface area contributed by atoms with Crippen molar-refractivity contribution in [3.8, 4) is 0 Å². The molecular formula is C16H27N3O3S. The van der Waals surface area contributed by atoms with Crippen LogP contribution in [0.5, 0.6) is 0 Å². The zero-order chi connectivity index (χ0) is 16.3. The molecule has 0 aromatic carbocycles. The number of nitrogens with zero attached hydrogens (tertiary/aromatic N) is 3. The summed E-state index contributed by atoms with van der Waals surface area (Å²) in [4.78, 5) is 6.74. The lowest BCUT2D eigenvalue weighted by atomic mass is 9.70. The van der Waals surface area contributed by atoms with E-state index in [0.29, 0.717) is 18.4 Å². The van der Waals surface area contributed by atoms with Crippen molar-refractivity contribution in [1.29, 1.82) is 0 Å². The predicted molar refractivity (Wildman–Crippen MR) is 89.1 cm³/mol. The minimum absolute atomic E-state index is 0.243. The van der Waals surface area contributed by atoms with Gasteiger partial charge < -0.3 is 14.4 Å². The first kappa shape index (κ1) is 17.2. The first-order valence-corrected chi connectivity index (χ1v) is 9.84. The van der Waals surface area contributed by atoms with Crippen LogP contribution < -0.4 is 0 Å². The molecule has 3 rings (SSSR count). The number of aromatic nitrogens is 2. The van der Waals surface area contributed by atoms with Gasteiger partial charge in [0.2, 0.25) is 5.89 Å². The van der Waals surface area contributed by atoms with Gasteiger partial charge in [0.15, 0.2) is 5.82 Å². The Morgan fingerprint density at radius 3 is 2.87 bits per heavy atom. The van der Waals surface area contributed by atoms with E-state index in [-0.39, 0.29) is 5.92 Å². The Kier molecular flexibility index (Phi) is 5.61. The van der Waals surface area contributed by atoms with Crippen molar-refractivity contribution in [1.82, 2.24) is 15.0 Å². The SMILES string of the molecule is CSCc1noc(CN2CC[C@@](O)(C3CCOCC3)[C@H](C)C2)n1. The molecule has 2 atom stereocenters. The number of thioether (sulfide) groups is 1. The van der Waals surface area contributed by atoms with Gasteiger partial charge in [-0.2, -0.15) is 16.7 Å². The quantitative estimate of drug-likeness (QED) is 0.877. The molecule has 0 unspecified atom stereocenters. The van der Waals surface area contributed by atoms with E-state index in [1.807, 2.05) is 6.26 Å². The molecule has 0 saturated carbocycles. The van der Waals surface area contributed by atoms with Crippen molar-refractivity contribution in [3.63, 3.8) is 0 Å². The summed E-state index contributed by atoms with van der Waals surface area (Å²) in [7, 11) is 0. The fourth-order valence-corrected chi connectivity index (χ4v) is 4.28. The molecule has 2 fully saturated rings. The minimum atomic E-state index is -0.556. The highest BCUT2D eigenvalue weighted by molar-refractivity contribution is 7.97. The third kappa shape index (κ3) is 3.90. The minimum Gasteiger partial charge on any atom is -0.389 e. The zero-order valence-corrected chi connectivity index (χ0v) is 14.8. The molecule has 2 aliphatic rings. The van der Waals surface area contributed by atoms with Crippen molar-refractivity contribution in [2.45, 2.75) is 44.1 Å². The lowest BCUT2D eigenvalue weighted by Crippen LogP contribution is -2.55. The molecule has 1 aromatic rings. The van der Waals surface area contributed by atoms with Crippen LogP contribution in [0.1, 0.15) is 37.9 Å². The average molecular weight is 341 g/mol. The standard InChI is InChI=1S/C16H27N3O3S/c1-12-9-19(10-15-17-14(11-23-2)18-22-15)6-5-16(12,20)13-3-7-21-8-4-13/h12-13,20H,3-11H2,1-2H3/t12-,16+/m1/s1. The lowest BCUT2D eigenvalue weighted by molar-refractivity contribution is -0.132. The van der Waals surface area contributed by atoms with Crippen LogP contribution in [0.2, 0.25) is 0 Å². The highest BCUT2D eigenvalue weighted by Crippen LogP contribution is 2.39. The van der Waals surface area contributed by atoms with E-state index in [1.165, 1.54) is 0 Å². The van der Waals surface area contributed by atoms with E-state index < -0.39 is 5.60 Å². The number of hydrogen-bond acceptors (Lipinski definition) is 7. The molecule has 2 aliphatic heterocycles. The maximum absolute atomic E-state index is 11.2. The van der Waals surface area contributed by atoms with Crippen LogP contribution >= 0.6 is 11.8 Å². The number of ether oxygens (including phenoxy) is 1. The van der Waals surface area contributed by atoms with Crippen molar-refractivity contribution in [2.75, 3.05) is 32.6 Å². The third-order valence-electron chi connectivity index (χ3n) is 5.28. The molecule has 0 aliphatic carbocycles. The molecule has 130 valence electrons. The van der Waals surface area contributed by atoms with E-state index in [2.05, 4.69) is 22.0 Å². The summed E-state index contributed by atoms with van der Waals surface area (Å²) < 4.78 is 10.8. The Bertz CT molecular complexity index is 507. The molecule has 7 heteroatoms. The van der Waals surface area contributed by atoms with Gasteiger partial charge >= 0.3 is 0 Å². The number of likely N-dealkylation sites (tertiary alicyclic amines) is 1. The molecule has 0 radical (unpaired) electrons. The van der Waals surface area contributed by atoms with Gasteiger partial charge in [-0.15, -0.1) is 0 Å². The van der Waals surface area contributed by atoms with Crippen LogP contribution in [-0.2, 0) is 17.0 Å². The summed E-state index contributed by atoms with van der Waals surface area (Å²) in [5.41, 5.74) is -0.556. The molecule has 2 saturated heterocycles. The largest absolute Gasteiger partial charge is 0.389 e. The van der Waals surface area contributed by atoms with Gasteiger partial charge in [0.1, 0.15) is 0 Å². The van der Waals surface area contributed by atoms with Crippen LogP contribution in [0.15, 0.2) is 4.52 Å². The van der Waals surface area contributed by atoms with E-state index in [4.69, 9.17) is 9.26 Å². The summed E-state index contributed by atoms with van der Waals surface area (Å²) in [6.45, 7) is 6.14. The number of piperidine rings is 1. The molecule has 1 aromatic heterocycles. The van der Waals surface area contributed by atoms with E-state index in [0.717, 1.165) is 57.1 Å². The fraction of sp³-hybridized carbons (Fsp3) is 0.875. The normalized spacial score (nSPS) is 30.7. The molecule has 0 bridgehead atoms. The second-order valence-corrected chi connectivity index (χ2v) is 7.67. The molecule has 23 heavy (non-hydrogen) atoms. The average Bonchev–Trinajstić information content (AvgIpc) is 2.99. The Hall–Kier alpha value is -0.630. The second kappa shape index (κ2) is 7.51. The molecule has 6 nitrogen and oxygen atoms in total. The number of aliphatic hydroxyl groups is 1. The van der Waals surface area contributed by atoms with Crippen LogP contribution in [-0.4, -0.2) is 58.3 Å². The fourth-order valence-electron chi connectivity index (χ4n) is 3.90. The van der Waals surface area contributed by atoms with Gasteiger partial charge in [0, 0.05) is 26.3 Å². The maximum Gasteiger partial charge on any atom is 0.240 e. The van der Waals surface area contributed by atoms with Crippen LogP contribution in [0.25, 0.3) is 0 Å². The van der Waals surface area contributed by atoms with Gasteiger partial charge in [-0.1, -0.05) is 12.1 Å². The number of hydrogen-bond donors (Lipinski definition) is 1. The predicted octanol–water partition coefficient (Wildman–Crippen LogP) is 1.93. The Labute approximate surface area is 142 Å². The lowest BCUT2D eigenvalue weighted by Gasteiger charge is -2.48. The summed E-state index contributed by atoms with van der Waals surface area (Å²) in [5.74, 6) is 2.83. The summed E-state index contributed by atoms with van der Waals surface area (Å²) in [6, 6.07) is 0. The molecule has 0 amide bonds. The summed E-state index contributed by atoms with van der Waals surface area (Å²) >= 11 is 1.69. The Balaban J connectivity index is 1.56. The summed E-state index contributed by atoms with van der Waals surface area (Å²) in [5, 5.41) is 15.2. The topological polar surface area (TPSA) is 71.6 Å². The first-order valence-electron chi connectivity index (χ1n) is 8.44. The van der Waals surface area contributed by atoms with Crippen LogP contribution in [0, 0.1) is 11.8 Å². The second-order valence-electron chi connectivity index (χ2n) is 6.80. The maximum atomic E-state index is 11.2. The highest BCUT2D eigenvalue weighted by atomic mass is 32.2. The Morgan fingerprint density at radius 1 is 1.39 bits per heavy atom. The smallest absolute Gasteiger partial charge is 0.240 e. The van der Waals surface area contributed by atoms with Gasteiger partial charge in [0.05, 0.1) is 17.9 Å². The van der Waals surface area contributed by atoms with Gasteiger partial charge in [0.25, 0.3) is 0 Å².